The van der Waals surface area contributed by atoms with Crippen LogP contribution in [-0.2, 0) is 13.1 Å². The molecule has 1 aromatic heterocycles. The summed E-state index contributed by atoms with van der Waals surface area (Å²) in [6.45, 7) is 8.74. The topological polar surface area (TPSA) is 55.2 Å². The molecule has 1 atom stereocenters. The fourth-order valence-electron chi connectivity index (χ4n) is 3.32. The standard InChI is InChI=1S/C17H25N5O/c1-4-22-13(2)19-20-17(22)12-21-10-9-18-11-15(21)14-7-5-6-8-16(14)23-3/h5-8,15,18H,4,9-12H2,1-3H3. The average Bonchev–Trinajstić information content (AvgIpc) is 2.95. The first-order chi connectivity index (χ1) is 11.2. The van der Waals surface area contributed by atoms with Crippen LogP contribution < -0.4 is 10.1 Å². The molecule has 1 unspecified atom stereocenters. The quantitative estimate of drug-likeness (QED) is 0.911. The van der Waals surface area contributed by atoms with E-state index in [2.05, 4.69) is 44.0 Å². The largest absolute Gasteiger partial charge is 0.496 e. The third kappa shape index (κ3) is 3.23. The average molecular weight is 315 g/mol. The molecule has 0 amide bonds. The monoisotopic (exact) mass is 315 g/mol. The van der Waals surface area contributed by atoms with Crippen LogP contribution in [0.5, 0.6) is 5.75 Å². The van der Waals surface area contributed by atoms with E-state index in [1.54, 1.807) is 7.11 Å². The molecule has 2 aromatic rings. The van der Waals surface area contributed by atoms with Crippen LogP contribution in [0.4, 0.5) is 0 Å². The van der Waals surface area contributed by atoms with Crippen molar-refractivity contribution < 1.29 is 4.74 Å². The summed E-state index contributed by atoms with van der Waals surface area (Å²) in [6.07, 6.45) is 0. The maximum atomic E-state index is 5.56. The zero-order chi connectivity index (χ0) is 16.2. The van der Waals surface area contributed by atoms with Crippen molar-refractivity contribution in [3.8, 4) is 5.75 Å². The molecule has 0 spiro atoms. The van der Waals surface area contributed by atoms with Gasteiger partial charge in [-0.05, 0) is 19.9 Å². The molecule has 0 bridgehead atoms. The van der Waals surface area contributed by atoms with Crippen molar-refractivity contribution >= 4 is 0 Å². The summed E-state index contributed by atoms with van der Waals surface area (Å²) in [5, 5.41) is 12.1. The molecule has 6 nitrogen and oxygen atoms in total. The number of nitrogens with zero attached hydrogens (tertiary/aromatic N) is 4. The highest BCUT2D eigenvalue weighted by atomic mass is 16.5. The number of nitrogens with one attached hydrogen (secondary N) is 1. The molecule has 124 valence electrons. The van der Waals surface area contributed by atoms with E-state index in [0.29, 0.717) is 0 Å². The van der Waals surface area contributed by atoms with E-state index in [1.807, 2.05) is 19.1 Å². The van der Waals surface area contributed by atoms with Crippen LogP contribution in [0, 0.1) is 6.92 Å². The SMILES string of the molecule is CCn1c(C)nnc1CN1CCNCC1c1ccccc1OC. The molecule has 1 aromatic carbocycles. The number of rotatable bonds is 5. The Labute approximate surface area is 137 Å². The summed E-state index contributed by atoms with van der Waals surface area (Å²) in [7, 11) is 1.73. The minimum absolute atomic E-state index is 0.280. The number of benzene rings is 1. The van der Waals surface area contributed by atoms with E-state index in [9.17, 15) is 0 Å². The Morgan fingerprint density at radius 3 is 2.91 bits per heavy atom. The highest BCUT2D eigenvalue weighted by molar-refractivity contribution is 5.36. The summed E-state index contributed by atoms with van der Waals surface area (Å²) >= 11 is 0. The molecule has 2 heterocycles. The molecule has 0 aliphatic carbocycles. The maximum Gasteiger partial charge on any atom is 0.147 e. The van der Waals surface area contributed by atoms with Crippen LogP contribution in [0.25, 0.3) is 0 Å². The maximum absolute atomic E-state index is 5.56. The smallest absolute Gasteiger partial charge is 0.147 e. The third-order valence-electron chi connectivity index (χ3n) is 4.53. The molecule has 0 radical (unpaired) electrons. The number of aryl methyl sites for hydroxylation is 1. The minimum atomic E-state index is 0.280. The Morgan fingerprint density at radius 2 is 2.13 bits per heavy atom. The van der Waals surface area contributed by atoms with E-state index in [4.69, 9.17) is 4.74 Å². The molecular weight excluding hydrogens is 290 g/mol. The van der Waals surface area contributed by atoms with Gasteiger partial charge in [-0.15, -0.1) is 10.2 Å². The van der Waals surface area contributed by atoms with E-state index < -0.39 is 0 Å². The second kappa shape index (κ2) is 7.10. The van der Waals surface area contributed by atoms with Gasteiger partial charge in [0.1, 0.15) is 17.4 Å². The van der Waals surface area contributed by atoms with Crippen LogP contribution in [-0.4, -0.2) is 46.4 Å². The molecule has 23 heavy (non-hydrogen) atoms. The first kappa shape index (κ1) is 16.0. The van der Waals surface area contributed by atoms with Gasteiger partial charge in [-0.25, -0.2) is 0 Å². The van der Waals surface area contributed by atoms with Gasteiger partial charge >= 0.3 is 0 Å². The van der Waals surface area contributed by atoms with E-state index in [0.717, 1.165) is 50.1 Å². The number of methoxy groups -OCH3 is 1. The van der Waals surface area contributed by atoms with Gasteiger partial charge in [0.05, 0.1) is 19.7 Å². The predicted octanol–water partition coefficient (Wildman–Crippen LogP) is 1.76. The molecule has 6 heteroatoms. The zero-order valence-electron chi connectivity index (χ0n) is 14.1. The third-order valence-corrected chi connectivity index (χ3v) is 4.53. The Kier molecular flexibility index (Phi) is 4.93. The molecule has 1 aliphatic heterocycles. The predicted molar refractivity (Wildman–Crippen MR) is 89.4 cm³/mol. The van der Waals surface area contributed by atoms with Crippen LogP contribution >= 0.6 is 0 Å². The fourth-order valence-corrected chi connectivity index (χ4v) is 3.32. The summed E-state index contributed by atoms with van der Waals surface area (Å²) in [4.78, 5) is 2.46. The van der Waals surface area contributed by atoms with Gasteiger partial charge in [0, 0.05) is 31.7 Å². The number of ether oxygens (including phenoxy) is 1. The first-order valence-corrected chi connectivity index (χ1v) is 8.21. The van der Waals surface area contributed by atoms with E-state index >= 15 is 0 Å². The lowest BCUT2D eigenvalue weighted by Crippen LogP contribution is -2.46. The summed E-state index contributed by atoms with van der Waals surface area (Å²) < 4.78 is 7.74. The van der Waals surface area contributed by atoms with Gasteiger partial charge in [-0.3, -0.25) is 4.90 Å². The van der Waals surface area contributed by atoms with Gasteiger partial charge < -0.3 is 14.6 Å². The Bertz CT molecular complexity index is 654. The molecule has 1 aliphatic rings. The van der Waals surface area contributed by atoms with Gasteiger partial charge in [0.2, 0.25) is 0 Å². The molecule has 1 N–H and O–H groups in total. The Morgan fingerprint density at radius 1 is 1.30 bits per heavy atom. The highest BCUT2D eigenvalue weighted by Gasteiger charge is 2.27. The Hall–Kier alpha value is -1.92. The normalized spacial score (nSPS) is 19.0. The van der Waals surface area contributed by atoms with Gasteiger partial charge in [-0.1, -0.05) is 18.2 Å². The minimum Gasteiger partial charge on any atom is -0.496 e. The van der Waals surface area contributed by atoms with Crippen molar-refractivity contribution in [1.29, 1.82) is 0 Å². The van der Waals surface area contributed by atoms with Crippen molar-refractivity contribution in [2.75, 3.05) is 26.7 Å². The van der Waals surface area contributed by atoms with Gasteiger partial charge in [0.15, 0.2) is 0 Å². The molecule has 0 saturated carbocycles. The second-order valence-electron chi connectivity index (χ2n) is 5.84. The number of hydrogen-bond acceptors (Lipinski definition) is 5. The lowest BCUT2D eigenvalue weighted by molar-refractivity contribution is 0.145. The molecule has 1 fully saturated rings. The summed E-state index contributed by atoms with van der Waals surface area (Å²) in [6, 6.07) is 8.55. The lowest BCUT2D eigenvalue weighted by atomic mass is 10.0. The van der Waals surface area contributed by atoms with Crippen molar-refractivity contribution in [2.24, 2.45) is 0 Å². The first-order valence-electron chi connectivity index (χ1n) is 8.21. The summed E-state index contributed by atoms with van der Waals surface area (Å²) in [5.74, 6) is 2.96. The van der Waals surface area contributed by atoms with Crippen molar-refractivity contribution in [3.63, 3.8) is 0 Å². The van der Waals surface area contributed by atoms with Crippen molar-refractivity contribution in [1.82, 2.24) is 25.0 Å². The number of para-hydroxylation sites is 1. The molecular formula is C17H25N5O. The van der Waals surface area contributed by atoms with Crippen molar-refractivity contribution in [3.05, 3.63) is 41.5 Å². The van der Waals surface area contributed by atoms with Crippen LogP contribution in [0.15, 0.2) is 24.3 Å². The molecule has 3 rings (SSSR count). The van der Waals surface area contributed by atoms with Gasteiger partial charge in [0.25, 0.3) is 0 Å². The Balaban J connectivity index is 1.87. The van der Waals surface area contributed by atoms with Gasteiger partial charge in [-0.2, -0.15) is 0 Å². The lowest BCUT2D eigenvalue weighted by Gasteiger charge is -2.36. The van der Waals surface area contributed by atoms with Crippen LogP contribution in [0.1, 0.15) is 30.2 Å². The fraction of sp³-hybridized carbons (Fsp3) is 0.529. The highest BCUT2D eigenvalue weighted by Crippen LogP contribution is 2.30. The van der Waals surface area contributed by atoms with E-state index in [-0.39, 0.29) is 6.04 Å². The number of aromatic nitrogens is 3. The second-order valence-corrected chi connectivity index (χ2v) is 5.84. The van der Waals surface area contributed by atoms with Crippen molar-refractivity contribution in [2.45, 2.75) is 33.0 Å². The number of hydrogen-bond donors (Lipinski definition) is 1. The summed E-state index contributed by atoms with van der Waals surface area (Å²) in [5.41, 5.74) is 1.22. The van der Waals surface area contributed by atoms with Crippen LogP contribution in [0.2, 0.25) is 0 Å². The van der Waals surface area contributed by atoms with E-state index in [1.165, 1.54) is 5.56 Å². The number of piperazine rings is 1. The molecule has 1 saturated heterocycles. The van der Waals surface area contributed by atoms with Crippen LogP contribution in [0.3, 0.4) is 0 Å². The zero-order valence-corrected chi connectivity index (χ0v) is 14.1.